The Morgan fingerprint density at radius 3 is 2.65 bits per heavy atom. The van der Waals surface area contributed by atoms with E-state index in [1.807, 2.05) is 6.08 Å². The number of rotatable bonds is 0. The van der Waals surface area contributed by atoms with Crippen molar-refractivity contribution in [3.8, 4) is 0 Å². The van der Waals surface area contributed by atoms with Gasteiger partial charge in [0.2, 0.25) is 0 Å². The van der Waals surface area contributed by atoms with E-state index in [0.29, 0.717) is 17.6 Å². The van der Waals surface area contributed by atoms with Crippen LogP contribution in [0.15, 0.2) is 11.6 Å². The molecule has 3 heteroatoms. The highest BCUT2D eigenvalue weighted by atomic mass is 19.0. The van der Waals surface area contributed by atoms with Crippen molar-refractivity contribution in [1.29, 1.82) is 0 Å². The quantitative estimate of drug-likeness (QED) is 0.723. The van der Waals surface area contributed by atoms with Gasteiger partial charge in [0.1, 0.15) is 0 Å². The second-order valence-electron chi connectivity index (χ2n) is 9.16. The zero-order valence-electron chi connectivity index (χ0n) is 14.7. The molecule has 0 radical (unpaired) electrons. The maximum Gasteiger partial charge on any atom is 0.155 e. The van der Waals surface area contributed by atoms with Gasteiger partial charge in [-0.25, -0.2) is 0 Å². The first-order valence-corrected chi connectivity index (χ1v) is 9.28. The van der Waals surface area contributed by atoms with Gasteiger partial charge in [-0.15, -0.1) is 0 Å². The fraction of sp³-hybridized carbons (Fsp3) is 0.850. The molecule has 130 valence electrons. The van der Waals surface area contributed by atoms with E-state index in [1.165, 1.54) is 24.8 Å². The molecule has 3 saturated carbocycles. The summed E-state index contributed by atoms with van der Waals surface area (Å²) < 4.78 is 0. The molecule has 0 aliphatic heterocycles. The predicted octanol–water partition coefficient (Wildman–Crippen LogP) is 4.28. The summed E-state index contributed by atoms with van der Waals surface area (Å²) in [5.41, 5.74) is 1.84. The van der Waals surface area contributed by atoms with E-state index < -0.39 is 0 Å². The molecular formula is C20H31FO2. The van der Waals surface area contributed by atoms with Crippen LogP contribution >= 0.6 is 0 Å². The number of carbonyl (C=O) groups excluding carboxylic acids is 1. The number of carbonyl (C=O) groups is 1. The topological polar surface area (TPSA) is 37.3 Å². The van der Waals surface area contributed by atoms with Crippen LogP contribution in [0.3, 0.4) is 0 Å². The third-order valence-electron chi connectivity index (χ3n) is 8.23. The molecule has 3 fully saturated rings. The van der Waals surface area contributed by atoms with E-state index >= 15 is 0 Å². The van der Waals surface area contributed by atoms with Gasteiger partial charge in [-0.05, 0) is 79.1 Å². The van der Waals surface area contributed by atoms with E-state index in [9.17, 15) is 9.90 Å². The second-order valence-corrected chi connectivity index (χ2v) is 9.16. The lowest BCUT2D eigenvalue weighted by molar-refractivity contribution is -0.118. The van der Waals surface area contributed by atoms with E-state index in [0.717, 1.165) is 37.5 Å². The molecule has 4 aliphatic carbocycles. The highest BCUT2D eigenvalue weighted by molar-refractivity contribution is 5.91. The van der Waals surface area contributed by atoms with Gasteiger partial charge >= 0.3 is 0 Å². The van der Waals surface area contributed by atoms with Crippen molar-refractivity contribution in [2.45, 2.75) is 71.8 Å². The second kappa shape index (κ2) is 5.40. The summed E-state index contributed by atoms with van der Waals surface area (Å²) >= 11 is 0. The molecule has 0 heterocycles. The summed E-state index contributed by atoms with van der Waals surface area (Å²) in [6, 6.07) is 0. The number of ketones is 1. The van der Waals surface area contributed by atoms with Gasteiger partial charge in [-0.1, -0.05) is 26.3 Å². The largest absolute Gasteiger partial charge is 0.393 e. The molecule has 0 aromatic rings. The van der Waals surface area contributed by atoms with E-state index in [4.69, 9.17) is 0 Å². The normalized spacial score (nSPS) is 51.9. The van der Waals surface area contributed by atoms with Crippen LogP contribution in [0, 0.1) is 34.5 Å². The van der Waals surface area contributed by atoms with Crippen LogP contribution in [0.5, 0.6) is 0 Å². The van der Waals surface area contributed by atoms with Crippen LogP contribution in [-0.2, 0) is 4.79 Å². The van der Waals surface area contributed by atoms with Gasteiger partial charge in [-0.3, -0.25) is 9.50 Å². The standard InChI is InChI=1S/C20H30O2.FH/c1-12-10-17(22)20(3)9-7-16-15(18(12)20)5-4-13-11-14(21)6-8-19(13,16)2;/h11-12,15-18,22H,4-10H2,1-3H3;1H/t12?,15-,16+,17+,18+,19+,20-;/m1./s1. The maximum absolute atomic E-state index is 11.8. The zero-order chi connectivity index (χ0) is 15.7. The molecule has 7 atom stereocenters. The predicted molar refractivity (Wildman–Crippen MR) is 89.8 cm³/mol. The Hall–Kier alpha value is -0.700. The van der Waals surface area contributed by atoms with E-state index in [2.05, 4.69) is 20.8 Å². The van der Waals surface area contributed by atoms with Gasteiger partial charge < -0.3 is 5.11 Å². The summed E-state index contributed by atoms with van der Waals surface area (Å²) in [6.45, 7) is 7.14. The van der Waals surface area contributed by atoms with Crippen LogP contribution in [0.4, 0.5) is 4.70 Å². The third-order valence-corrected chi connectivity index (χ3v) is 8.23. The Balaban J connectivity index is 0.00000156. The average Bonchev–Trinajstić information content (AvgIpc) is 2.70. The van der Waals surface area contributed by atoms with Crippen molar-refractivity contribution in [2.24, 2.45) is 34.5 Å². The average molecular weight is 322 g/mol. The Kier molecular flexibility index (Phi) is 4.03. The lowest BCUT2D eigenvalue weighted by Crippen LogP contribution is -2.52. The van der Waals surface area contributed by atoms with Gasteiger partial charge in [0.05, 0.1) is 6.10 Å². The fourth-order valence-corrected chi connectivity index (χ4v) is 7.07. The lowest BCUT2D eigenvalue weighted by Gasteiger charge is -2.58. The van der Waals surface area contributed by atoms with Crippen molar-refractivity contribution < 1.29 is 14.6 Å². The molecule has 1 unspecified atom stereocenters. The monoisotopic (exact) mass is 322 g/mol. The van der Waals surface area contributed by atoms with Crippen LogP contribution in [0.25, 0.3) is 0 Å². The Morgan fingerprint density at radius 2 is 1.91 bits per heavy atom. The van der Waals surface area contributed by atoms with Crippen molar-refractivity contribution in [3.63, 3.8) is 0 Å². The van der Waals surface area contributed by atoms with Crippen molar-refractivity contribution in [2.75, 3.05) is 0 Å². The zero-order valence-corrected chi connectivity index (χ0v) is 14.7. The Labute approximate surface area is 139 Å². The molecule has 4 aliphatic rings. The summed E-state index contributed by atoms with van der Waals surface area (Å²) in [7, 11) is 0. The van der Waals surface area contributed by atoms with Gasteiger partial charge in [0.15, 0.2) is 5.78 Å². The van der Waals surface area contributed by atoms with Gasteiger partial charge in [0.25, 0.3) is 0 Å². The van der Waals surface area contributed by atoms with Crippen molar-refractivity contribution >= 4 is 5.78 Å². The molecular weight excluding hydrogens is 291 g/mol. The third kappa shape index (κ3) is 2.18. The summed E-state index contributed by atoms with van der Waals surface area (Å²) in [5.74, 6) is 3.15. The molecule has 0 spiro atoms. The number of aliphatic hydroxyl groups is 1. The molecule has 23 heavy (non-hydrogen) atoms. The molecule has 0 amide bonds. The minimum absolute atomic E-state index is 0. The summed E-state index contributed by atoms with van der Waals surface area (Å²) in [5, 5.41) is 10.6. The Bertz CT molecular complexity index is 542. The number of allylic oxidation sites excluding steroid dienone is 1. The minimum Gasteiger partial charge on any atom is -0.393 e. The van der Waals surface area contributed by atoms with Gasteiger partial charge in [0, 0.05) is 6.42 Å². The van der Waals surface area contributed by atoms with Crippen molar-refractivity contribution in [3.05, 3.63) is 11.6 Å². The maximum atomic E-state index is 11.8. The summed E-state index contributed by atoms with van der Waals surface area (Å²) in [4.78, 5) is 11.8. The first-order valence-electron chi connectivity index (χ1n) is 9.28. The first kappa shape index (κ1) is 17.1. The van der Waals surface area contributed by atoms with Crippen LogP contribution in [0.2, 0.25) is 0 Å². The molecule has 0 aromatic heterocycles. The fourth-order valence-electron chi connectivity index (χ4n) is 7.07. The molecule has 4 rings (SSSR count). The SMILES string of the molecule is CC1C[C@H](O)[C@@]2(C)CC[C@H]3[C@@H](CCC4=CC(=O)CC[C@@]43C)[C@H]12.F. The number of hydrogen-bond donors (Lipinski definition) is 1. The highest BCUT2D eigenvalue weighted by Crippen LogP contribution is 2.66. The smallest absolute Gasteiger partial charge is 0.155 e. The molecule has 0 bridgehead atoms. The number of halogens is 1. The van der Waals surface area contributed by atoms with E-state index in [-0.39, 0.29) is 21.6 Å². The van der Waals surface area contributed by atoms with Crippen LogP contribution < -0.4 is 0 Å². The molecule has 0 saturated heterocycles. The summed E-state index contributed by atoms with van der Waals surface area (Å²) in [6.07, 6.45) is 9.41. The molecule has 2 nitrogen and oxygen atoms in total. The Morgan fingerprint density at radius 1 is 1.17 bits per heavy atom. The van der Waals surface area contributed by atoms with Crippen molar-refractivity contribution in [1.82, 2.24) is 0 Å². The lowest BCUT2D eigenvalue weighted by atomic mass is 9.46. The molecule has 1 N–H and O–H groups in total. The van der Waals surface area contributed by atoms with Crippen LogP contribution in [-0.4, -0.2) is 17.0 Å². The van der Waals surface area contributed by atoms with Crippen LogP contribution in [0.1, 0.15) is 65.7 Å². The number of hydrogen-bond acceptors (Lipinski definition) is 2. The highest BCUT2D eigenvalue weighted by Gasteiger charge is 2.60. The number of aliphatic hydroxyl groups excluding tert-OH is 1. The number of fused-ring (bicyclic) bond motifs is 5. The van der Waals surface area contributed by atoms with Gasteiger partial charge in [-0.2, -0.15) is 0 Å². The molecule has 0 aromatic carbocycles. The van der Waals surface area contributed by atoms with E-state index in [1.54, 1.807) is 0 Å². The minimum atomic E-state index is -0.105. The first-order chi connectivity index (χ1) is 10.4.